The van der Waals surface area contributed by atoms with Gasteiger partial charge in [-0.2, -0.15) is 0 Å². The molecule has 0 saturated carbocycles. The number of hydrogen-bond donors (Lipinski definition) is 0. The summed E-state index contributed by atoms with van der Waals surface area (Å²) in [6.07, 6.45) is 8.62. The summed E-state index contributed by atoms with van der Waals surface area (Å²) in [4.78, 5) is 18.9. The van der Waals surface area contributed by atoms with E-state index in [4.69, 9.17) is 9.97 Å². The van der Waals surface area contributed by atoms with E-state index < -0.39 is 0 Å². The van der Waals surface area contributed by atoms with Gasteiger partial charge >= 0.3 is 0 Å². The molecule has 3 aliphatic heterocycles. The van der Waals surface area contributed by atoms with Crippen molar-refractivity contribution < 1.29 is 0 Å². The van der Waals surface area contributed by atoms with Gasteiger partial charge in [0, 0.05) is 24.8 Å². The summed E-state index contributed by atoms with van der Waals surface area (Å²) in [6, 6.07) is 12.4. The molecule has 6 nitrogen and oxygen atoms in total. The van der Waals surface area contributed by atoms with Gasteiger partial charge in [-0.25, -0.2) is 9.97 Å². The van der Waals surface area contributed by atoms with Crippen molar-refractivity contribution in [2.75, 3.05) is 20.0 Å². The van der Waals surface area contributed by atoms with E-state index in [0.717, 1.165) is 55.9 Å². The zero-order chi connectivity index (χ0) is 16.6. The fraction of sp³-hybridized carbons (Fsp3) is 0.263. The summed E-state index contributed by atoms with van der Waals surface area (Å²) in [5, 5.41) is 0. The summed E-state index contributed by atoms with van der Waals surface area (Å²) in [5.41, 5.74) is 4.01. The summed E-state index contributed by atoms with van der Waals surface area (Å²) in [6.45, 7) is 4.29. The molecule has 0 atom stereocenters. The number of hydrogen-bond acceptors (Lipinski definition) is 6. The second-order valence-corrected chi connectivity index (χ2v) is 6.72. The van der Waals surface area contributed by atoms with E-state index >= 15 is 0 Å². The number of rotatable bonds is 0. The lowest BCUT2D eigenvalue weighted by atomic mass is 10.2. The average molecular weight is 332 g/mol. The number of fused-ring (bicyclic) bond motifs is 9. The van der Waals surface area contributed by atoms with Crippen molar-refractivity contribution in [1.82, 2.24) is 29.6 Å². The molecule has 0 unspecified atom stereocenters. The summed E-state index contributed by atoms with van der Waals surface area (Å²) in [5.74, 6) is 0. The van der Waals surface area contributed by atoms with Gasteiger partial charge in [0.05, 0.1) is 55.9 Å². The van der Waals surface area contributed by atoms with Crippen molar-refractivity contribution >= 4 is 0 Å². The standard InChI is InChI=1S/C19H20N6/c1-3-16-11-22-7-9-24(13-22)15-25-10-8-23(14-25)12-17-4-2-6-19(21-17)18(5-1)20-16/h1-10H,11-15H2. The average Bonchev–Trinajstić information content (AvgIpc) is 3.25. The highest BCUT2D eigenvalue weighted by atomic mass is 15.4. The third-order valence-electron chi connectivity index (χ3n) is 4.67. The molecule has 0 aromatic carbocycles. The largest absolute Gasteiger partial charge is 0.353 e. The Morgan fingerprint density at radius 1 is 0.560 bits per heavy atom. The molecule has 2 aromatic rings. The lowest BCUT2D eigenvalue weighted by Gasteiger charge is -2.27. The molecule has 0 aliphatic carbocycles. The first kappa shape index (κ1) is 14.3. The van der Waals surface area contributed by atoms with Crippen molar-refractivity contribution in [2.24, 2.45) is 0 Å². The maximum Gasteiger partial charge on any atom is 0.0927 e. The fourth-order valence-electron chi connectivity index (χ4n) is 3.49. The van der Waals surface area contributed by atoms with E-state index in [1.165, 1.54) is 0 Å². The number of nitrogens with zero attached hydrogens (tertiary/aromatic N) is 6. The van der Waals surface area contributed by atoms with Crippen LogP contribution in [0.4, 0.5) is 0 Å². The van der Waals surface area contributed by atoms with Crippen molar-refractivity contribution in [3.8, 4) is 11.4 Å². The normalized spacial score (nSPS) is 18.6. The van der Waals surface area contributed by atoms with Crippen molar-refractivity contribution in [3.63, 3.8) is 0 Å². The van der Waals surface area contributed by atoms with Crippen LogP contribution < -0.4 is 0 Å². The smallest absolute Gasteiger partial charge is 0.0927 e. The summed E-state index contributed by atoms with van der Waals surface area (Å²) < 4.78 is 0. The Labute approximate surface area is 147 Å². The maximum absolute atomic E-state index is 4.83. The molecule has 0 saturated heterocycles. The first-order valence-electron chi connectivity index (χ1n) is 8.57. The van der Waals surface area contributed by atoms with Gasteiger partial charge in [0.15, 0.2) is 0 Å². The van der Waals surface area contributed by atoms with Crippen LogP contribution in [-0.4, -0.2) is 49.6 Å². The predicted molar refractivity (Wildman–Crippen MR) is 95.1 cm³/mol. The molecular weight excluding hydrogens is 312 g/mol. The Morgan fingerprint density at radius 3 is 1.52 bits per heavy atom. The third-order valence-corrected chi connectivity index (χ3v) is 4.67. The van der Waals surface area contributed by atoms with Crippen LogP contribution in [0.3, 0.4) is 0 Å². The molecule has 0 N–H and O–H groups in total. The maximum atomic E-state index is 4.83. The van der Waals surface area contributed by atoms with Crippen LogP contribution in [-0.2, 0) is 13.1 Å². The molecule has 8 bridgehead atoms. The van der Waals surface area contributed by atoms with Gasteiger partial charge < -0.3 is 19.6 Å². The molecule has 5 heterocycles. The van der Waals surface area contributed by atoms with Gasteiger partial charge in [0.1, 0.15) is 0 Å². The second-order valence-electron chi connectivity index (χ2n) is 6.72. The SMILES string of the molecule is C1=CN2CN1Cc1cccc(n1)-c1cccc(n1)CN1C=CN(C1)C2. The number of aromatic nitrogens is 2. The van der Waals surface area contributed by atoms with Gasteiger partial charge in [-0.3, -0.25) is 0 Å². The van der Waals surface area contributed by atoms with Crippen LogP contribution in [0.1, 0.15) is 11.4 Å². The number of pyridine rings is 2. The molecule has 0 radical (unpaired) electrons. The monoisotopic (exact) mass is 332 g/mol. The molecule has 5 rings (SSSR count). The Kier molecular flexibility index (Phi) is 3.33. The second kappa shape index (κ2) is 5.81. The minimum atomic E-state index is 0.808. The van der Waals surface area contributed by atoms with Crippen molar-refractivity contribution in [3.05, 3.63) is 72.6 Å². The first-order chi connectivity index (χ1) is 12.3. The molecule has 25 heavy (non-hydrogen) atoms. The zero-order valence-corrected chi connectivity index (χ0v) is 14.0. The lowest BCUT2D eigenvalue weighted by Crippen LogP contribution is -2.35. The third kappa shape index (κ3) is 2.91. The minimum absolute atomic E-state index is 0.808. The van der Waals surface area contributed by atoms with Crippen molar-refractivity contribution in [1.29, 1.82) is 0 Å². The molecular formula is C19H20N6. The Hall–Kier alpha value is -3.02. The predicted octanol–water partition coefficient (Wildman–Crippen LogP) is 2.21. The lowest BCUT2D eigenvalue weighted by molar-refractivity contribution is 0.158. The zero-order valence-electron chi connectivity index (χ0n) is 14.0. The first-order valence-corrected chi connectivity index (χ1v) is 8.57. The van der Waals surface area contributed by atoms with Crippen LogP contribution in [0.25, 0.3) is 11.4 Å². The quantitative estimate of drug-likeness (QED) is 0.736. The molecule has 0 amide bonds. The highest BCUT2D eigenvalue weighted by Crippen LogP contribution is 2.20. The molecule has 0 fully saturated rings. The fourth-order valence-corrected chi connectivity index (χ4v) is 3.49. The van der Waals surface area contributed by atoms with Gasteiger partial charge in [0.25, 0.3) is 0 Å². The molecule has 0 spiro atoms. The Balaban J connectivity index is 1.53. The van der Waals surface area contributed by atoms with E-state index in [9.17, 15) is 0 Å². The van der Waals surface area contributed by atoms with Crippen LogP contribution in [0.5, 0.6) is 0 Å². The van der Waals surface area contributed by atoms with Gasteiger partial charge in [-0.15, -0.1) is 0 Å². The molecule has 6 heteroatoms. The molecule has 2 aromatic heterocycles. The van der Waals surface area contributed by atoms with E-state index in [-0.39, 0.29) is 0 Å². The molecule has 126 valence electrons. The highest BCUT2D eigenvalue weighted by molar-refractivity contribution is 5.54. The molecule has 3 aliphatic rings. The van der Waals surface area contributed by atoms with E-state index in [1.807, 2.05) is 12.1 Å². The van der Waals surface area contributed by atoms with Crippen LogP contribution in [0, 0.1) is 0 Å². The van der Waals surface area contributed by atoms with Gasteiger partial charge in [0.2, 0.25) is 0 Å². The van der Waals surface area contributed by atoms with Crippen LogP contribution >= 0.6 is 0 Å². The van der Waals surface area contributed by atoms with E-state index in [1.54, 1.807) is 0 Å². The highest BCUT2D eigenvalue weighted by Gasteiger charge is 2.19. The van der Waals surface area contributed by atoms with Gasteiger partial charge in [-0.05, 0) is 24.3 Å². The summed E-state index contributed by atoms with van der Waals surface area (Å²) >= 11 is 0. The van der Waals surface area contributed by atoms with Gasteiger partial charge in [-0.1, -0.05) is 12.1 Å². The van der Waals surface area contributed by atoms with Crippen LogP contribution in [0.2, 0.25) is 0 Å². The van der Waals surface area contributed by atoms with Crippen LogP contribution in [0.15, 0.2) is 61.2 Å². The minimum Gasteiger partial charge on any atom is -0.353 e. The Bertz CT molecular complexity index is 776. The summed E-state index contributed by atoms with van der Waals surface area (Å²) in [7, 11) is 0. The van der Waals surface area contributed by atoms with E-state index in [0.29, 0.717) is 0 Å². The topological polar surface area (TPSA) is 38.7 Å². The van der Waals surface area contributed by atoms with Crippen molar-refractivity contribution in [2.45, 2.75) is 13.1 Å². The van der Waals surface area contributed by atoms with E-state index in [2.05, 4.69) is 68.7 Å². The Morgan fingerprint density at radius 2 is 1.00 bits per heavy atom.